The van der Waals surface area contributed by atoms with Gasteiger partial charge in [0.2, 0.25) is 0 Å². The van der Waals surface area contributed by atoms with Crippen molar-refractivity contribution < 1.29 is 9.53 Å². The maximum absolute atomic E-state index is 11.3. The first-order valence-electron chi connectivity index (χ1n) is 6.27. The summed E-state index contributed by atoms with van der Waals surface area (Å²) in [5.41, 5.74) is 0.545. The molecule has 0 spiro atoms. The van der Waals surface area contributed by atoms with Crippen molar-refractivity contribution in [3.63, 3.8) is 0 Å². The molecule has 0 radical (unpaired) electrons. The van der Waals surface area contributed by atoms with E-state index in [2.05, 4.69) is 24.3 Å². The van der Waals surface area contributed by atoms with Crippen LogP contribution in [0.1, 0.15) is 32.6 Å². The second-order valence-corrected chi connectivity index (χ2v) is 6.50. The molecule has 2 aliphatic carbocycles. The Morgan fingerprint density at radius 2 is 1.76 bits per heavy atom. The van der Waals surface area contributed by atoms with Crippen LogP contribution in [0.25, 0.3) is 0 Å². The number of ether oxygens (including phenoxy) is 1. The molecule has 0 aromatic heterocycles. The minimum atomic E-state index is -0.142. The average Bonchev–Trinajstić information content (AvgIpc) is 2.65. The van der Waals surface area contributed by atoms with Crippen LogP contribution in [-0.4, -0.2) is 17.2 Å². The van der Waals surface area contributed by atoms with Crippen LogP contribution in [0.5, 0.6) is 0 Å². The Balaban J connectivity index is 1.98. The topological polar surface area (TPSA) is 26.3 Å². The van der Waals surface area contributed by atoms with Gasteiger partial charge in [-0.15, -0.1) is 11.8 Å². The zero-order valence-electron chi connectivity index (χ0n) is 10.1. The lowest BCUT2D eigenvalue weighted by Gasteiger charge is -2.50. The van der Waals surface area contributed by atoms with Crippen molar-refractivity contribution in [2.45, 2.75) is 38.0 Å². The highest BCUT2D eigenvalue weighted by Gasteiger charge is 2.61. The third-order valence-electron chi connectivity index (χ3n) is 4.61. The smallest absolute Gasteiger partial charge is 0.303 e. The Morgan fingerprint density at radius 3 is 2.35 bits per heavy atom. The molecule has 1 saturated heterocycles. The molecule has 0 aromatic rings. The molecule has 1 fully saturated rings. The van der Waals surface area contributed by atoms with Crippen LogP contribution in [-0.2, 0) is 9.53 Å². The summed E-state index contributed by atoms with van der Waals surface area (Å²) in [6, 6.07) is 0. The number of carbonyl (C=O) groups is 1. The third kappa shape index (κ3) is 1.51. The maximum atomic E-state index is 11.3. The Labute approximate surface area is 106 Å². The monoisotopic (exact) mass is 250 g/mol. The van der Waals surface area contributed by atoms with E-state index >= 15 is 0 Å². The van der Waals surface area contributed by atoms with Crippen LogP contribution in [0.15, 0.2) is 24.3 Å². The standard InChI is InChI=1S/C14H18O2S/c1-11(15)16-12-14-8-4-2-6-13(14,10-17-12)7-3-5-9-14/h2-5,12H,6-10H2,1H3/t12-,13?,14?/m0/s1. The van der Waals surface area contributed by atoms with Gasteiger partial charge >= 0.3 is 5.97 Å². The van der Waals surface area contributed by atoms with Gasteiger partial charge in [-0.2, -0.15) is 0 Å². The van der Waals surface area contributed by atoms with Crippen LogP contribution in [0.4, 0.5) is 0 Å². The van der Waals surface area contributed by atoms with Gasteiger partial charge in [0.05, 0.1) is 0 Å². The molecule has 0 bridgehead atoms. The molecule has 1 atom stereocenters. The highest BCUT2D eigenvalue weighted by molar-refractivity contribution is 8.00. The quantitative estimate of drug-likeness (QED) is 0.527. The minimum Gasteiger partial charge on any atom is -0.451 e. The normalized spacial score (nSPS) is 43.0. The van der Waals surface area contributed by atoms with E-state index in [4.69, 9.17) is 4.74 Å². The van der Waals surface area contributed by atoms with Crippen LogP contribution in [0.2, 0.25) is 0 Å². The van der Waals surface area contributed by atoms with Crippen molar-refractivity contribution in [1.29, 1.82) is 0 Å². The van der Waals surface area contributed by atoms with E-state index < -0.39 is 0 Å². The van der Waals surface area contributed by atoms with Crippen LogP contribution < -0.4 is 0 Å². The van der Waals surface area contributed by atoms with Crippen molar-refractivity contribution in [3.8, 4) is 0 Å². The summed E-state index contributed by atoms with van der Waals surface area (Å²) < 4.78 is 5.59. The zero-order valence-corrected chi connectivity index (χ0v) is 11.0. The molecule has 2 nitrogen and oxygen atoms in total. The fourth-order valence-electron chi connectivity index (χ4n) is 3.61. The fourth-order valence-corrected chi connectivity index (χ4v) is 5.57. The van der Waals surface area contributed by atoms with Crippen LogP contribution in [0.3, 0.4) is 0 Å². The number of hydrogen-bond acceptors (Lipinski definition) is 3. The Bertz CT molecular complexity index is 379. The molecular weight excluding hydrogens is 232 g/mol. The third-order valence-corrected chi connectivity index (χ3v) is 6.18. The summed E-state index contributed by atoms with van der Waals surface area (Å²) in [5, 5.41) is 0. The summed E-state index contributed by atoms with van der Waals surface area (Å²) >= 11 is 1.84. The highest BCUT2D eigenvalue weighted by atomic mass is 32.2. The number of allylic oxidation sites excluding steroid dienone is 4. The summed E-state index contributed by atoms with van der Waals surface area (Å²) in [6.07, 6.45) is 13.6. The van der Waals surface area contributed by atoms with Crippen LogP contribution >= 0.6 is 11.8 Å². The fraction of sp³-hybridized carbons (Fsp3) is 0.643. The lowest BCUT2D eigenvalue weighted by molar-refractivity contribution is -0.150. The lowest BCUT2D eigenvalue weighted by Crippen LogP contribution is -2.47. The first kappa shape index (κ1) is 11.4. The van der Waals surface area contributed by atoms with Gasteiger partial charge in [-0.05, 0) is 31.1 Å². The molecule has 3 aliphatic rings. The SMILES string of the molecule is CC(=O)O[C@H]1SCC23CC=CCC12CC=CC3. The maximum Gasteiger partial charge on any atom is 0.303 e. The van der Waals surface area contributed by atoms with E-state index in [1.807, 2.05) is 11.8 Å². The van der Waals surface area contributed by atoms with Gasteiger partial charge in [0.25, 0.3) is 0 Å². The van der Waals surface area contributed by atoms with E-state index in [0.29, 0.717) is 5.41 Å². The summed E-state index contributed by atoms with van der Waals surface area (Å²) in [6.45, 7) is 1.52. The van der Waals surface area contributed by atoms with E-state index in [1.54, 1.807) is 0 Å². The number of hydrogen-bond donors (Lipinski definition) is 0. The molecule has 3 rings (SSSR count). The van der Waals surface area contributed by atoms with E-state index in [0.717, 1.165) is 31.4 Å². The average molecular weight is 250 g/mol. The largest absolute Gasteiger partial charge is 0.451 e. The molecule has 92 valence electrons. The van der Waals surface area contributed by atoms with Gasteiger partial charge in [-0.25, -0.2) is 0 Å². The van der Waals surface area contributed by atoms with Crippen molar-refractivity contribution >= 4 is 17.7 Å². The lowest BCUT2D eigenvalue weighted by atomic mass is 9.54. The summed E-state index contributed by atoms with van der Waals surface area (Å²) in [4.78, 5) is 11.3. The molecule has 0 amide bonds. The van der Waals surface area contributed by atoms with Gasteiger partial charge in [0.15, 0.2) is 5.44 Å². The van der Waals surface area contributed by atoms with Gasteiger partial charge in [0.1, 0.15) is 0 Å². The molecule has 0 N–H and O–H groups in total. The first-order valence-corrected chi connectivity index (χ1v) is 7.32. The molecular formula is C14H18O2S. The molecule has 0 aromatic carbocycles. The second kappa shape index (κ2) is 3.91. The highest BCUT2D eigenvalue weighted by Crippen LogP contribution is 2.66. The Kier molecular flexibility index (Phi) is 2.62. The molecule has 17 heavy (non-hydrogen) atoms. The Hall–Kier alpha value is -0.700. The van der Waals surface area contributed by atoms with Crippen molar-refractivity contribution in [3.05, 3.63) is 24.3 Å². The van der Waals surface area contributed by atoms with E-state index in [-0.39, 0.29) is 16.8 Å². The van der Waals surface area contributed by atoms with Gasteiger partial charge in [-0.1, -0.05) is 24.3 Å². The Morgan fingerprint density at radius 1 is 1.18 bits per heavy atom. The molecule has 0 unspecified atom stereocenters. The molecule has 1 heterocycles. The number of esters is 1. The van der Waals surface area contributed by atoms with E-state index in [1.165, 1.54) is 6.92 Å². The van der Waals surface area contributed by atoms with Gasteiger partial charge < -0.3 is 4.74 Å². The minimum absolute atomic E-state index is 0.0508. The van der Waals surface area contributed by atoms with Crippen molar-refractivity contribution in [1.82, 2.24) is 0 Å². The molecule has 3 heteroatoms. The number of rotatable bonds is 1. The number of thioether (sulfide) groups is 1. The zero-order chi connectivity index (χ0) is 11.9. The number of carbonyl (C=O) groups excluding carboxylic acids is 1. The van der Waals surface area contributed by atoms with Crippen LogP contribution in [0, 0.1) is 10.8 Å². The predicted molar refractivity (Wildman–Crippen MR) is 69.6 cm³/mol. The molecule has 0 saturated carbocycles. The summed E-state index contributed by atoms with van der Waals surface area (Å²) in [7, 11) is 0. The van der Waals surface area contributed by atoms with Gasteiger partial charge in [-0.3, -0.25) is 4.79 Å². The van der Waals surface area contributed by atoms with Crippen molar-refractivity contribution in [2.24, 2.45) is 10.8 Å². The van der Waals surface area contributed by atoms with Crippen molar-refractivity contribution in [2.75, 3.05) is 5.75 Å². The predicted octanol–water partition coefficient (Wildman–Crippen LogP) is 3.30. The molecule has 1 aliphatic heterocycles. The second-order valence-electron chi connectivity index (χ2n) is 5.45. The first-order chi connectivity index (χ1) is 8.19. The summed E-state index contributed by atoms with van der Waals surface area (Å²) in [5.74, 6) is 0.983. The van der Waals surface area contributed by atoms with E-state index in [9.17, 15) is 4.79 Å². The van der Waals surface area contributed by atoms with Gasteiger partial charge in [0, 0.05) is 18.1 Å².